The zero-order valence-corrected chi connectivity index (χ0v) is 20.2. The fourth-order valence-electron chi connectivity index (χ4n) is 4.92. The quantitative estimate of drug-likeness (QED) is 0.370. The molecule has 1 aliphatic heterocycles. The van der Waals surface area contributed by atoms with Crippen molar-refractivity contribution in [1.82, 2.24) is 4.90 Å². The van der Waals surface area contributed by atoms with E-state index >= 15 is 0 Å². The summed E-state index contributed by atoms with van der Waals surface area (Å²) in [6, 6.07) is 8.52. The van der Waals surface area contributed by atoms with Crippen molar-refractivity contribution in [2.24, 2.45) is 0 Å². The first-order valence-corrected chi connectivity index (χ1v) is 12.3. The van der Waals surface area contributed by atoms with Gasteiger partial charge in [-0.3, -0.25) is 9.69 Å². The van der Waals surface area contributed by atoms with Crippen LogP contribution in [0.3, 0.4) is 0 Å². The third-order valence-corrected chi connectivity index (χ3v) is 6.76. The first-order chi connectivity index (χ1) is 17.8. The van der Waals surface area contributed by atoms with E-state index in [9.17, 15) is 22.8 Å². The standard InChI is InChI=1S/C27H26F3NO6/c1-2-34-26(33)16-8-10-18(11-9-16)36-24-22(32)19-12-13-21-20(23(19)37-25(24)27(28,29)30)14-31(15-35-21)17-6-4-3-5-7-17/h8-13,17H,2-7,14-15H2,1H3. The molecule has 7 nitrogen and oxygen atoms in total. The second kappa shape index (κ2) is 10.1. The van der Waals surface area contributed by atoms with Crippen LogP contribution in [0.4, 0.5) is 13.2 Å². The van der Waals surface area contributed by atoms with Gasteiger partial charge in [0, 0.05) is 12.6 Å². The summed E-state index contributed by atoms with van der Waals surface area (Å²) >= 11 is 0. The Morgan fingerprint density at radius 2 is 1.81 bits per heavy atom. The summed E-state index contributed by atoms with van der Waals surface area (Å²) in [7, 11) is 0. The van der Waals surface area contributed by atoms with Gasteiger partial charge in [-0.15, -0.1) is 0 Å². The fraction of sp³-hybridized carbons (Fsp3) is 0.407. The molecule has 3 aromatic rings. The Morgan fingerprint density at radius 3 is 2.49 bits per heavy atom. The van der Waals surface area contributed by atoms with Crippen molar-refractivity contribution in [3.05, 3.63) is 63.5 Å². The highest BCUT2D eigenvalue weighted by Crippen LogP contribution is 2.41. The van der Waals surface area contributed by atoms with E-state index in [0.717, 1.165) is 25.7 Å². The number of hydrogen-bond donors (Lipinski definition) is 0. The Labute approximate surface area is 210 Å². The lowest BCUT2D eigenvalue weighted by Gasteiger charge is -2.37. The Bertz CT molecular complexity index is 1360. The van der Waals surface area contributed by atoms with Crippen LogP contribution in [-0.4, -0.2) is 30.2 Å². The maximum absolute atomic E-state index is 14.1. The number of carbonyl (C=O) groups is 1. The Kier molecular flexibility index (Phi) is 6.85. The topological polar surface area (TPSA) is 78.2 Å². The number of alkyl halides is 3. The molecule has 0 radical (unpaired) electrons. The van der Waals surface area contributed by atoms with Crippen LogP contribution in [0.15, 0.2) is 45.6 Å². The second-order valence-electron chi connectivity index (χ2n) is 9.17. The Morgan fingerprint density at radius 1 is 1.08 bits per heavy atom. The number of nitrogens with zero attached hydrogens (tertiary/aromatic N) is 1. The number of benzene rings is 2. The lowest BCUT2D eigenvalue weighted by Crippen LogP contribution is -2.41. The molecule has 0 atom stereocenters. The van der Waals surface area contributed by atoms with Crippen LogP contribution in [0.1, 0.15) is 60.7 Å². The molecule has 37 heavy (non-hydrogen) atoms. The molecule has 0 spiro atoms. The van der Waals surface area contributed by atoms with E-state index in [4.69, 9.17) is 18.6 Å². The van der Waals surface area contributed by atoms with Crippen LogP contribution in [0, 0.1) is 0 Å². The van der Waals surface area contributed by atoms with Gasteiger partial charge >= 0.3 is 12.1 Å². The maximum Gasteiger partial charge on any atom is 0.453 e. The summed E-state index contributed by atoms with van der Waals surface area (Å²) in [4.78, 5) is 27.3. The lowest BCUT2D eigenvalue weighted by atomic mass is 9.93. The number of rotatable bonds is 5. The zero-order chi connectivity index (χ0) is 26.2. The van der Waals surface area contributed by atoms with Gasteiger partial charge < -0.3 is 18.6 Å². The first-order valence-electron chi connectivity index (χ1n) is 12.3. The van der Waals surface area contributed by atoms with Crippen molar-refractivity contribution < 1.29 is 36.6 Å². The minimum absolute atomic E-state index is 0.0287. The normalized spacial score (nSPS) is 16.8. The summed E-state index contributed by atoms with van der Waals surface area (Å²) < 4.78 is 63.9. The molecule has 196 valence electrons. The summed E-state index contributed by atoms with van der Waals surface area (Å²) in [5, 5.41) is -0.0287. The molecular formula is C27H26F3NO6. The molecule has 1 aromatic heterocycles. The average Bonchev–Trinajstić information content (AvgIpc) is 2.90. The molecule has 10 heteroatoms. The van der Waals surface area contributed by atoms with Crippen molar-refractivity contribution >= 4 is 16.9 Å². The van der Waals surface area contributed by atoms with Crippen molar-refractivity contribution in [3.63, 3.8) is 0 Å². The van der Waals surface area contributed by atoms with Crippen molar-refractivity contribution in [2.75, 3.05) is 13.3 Å². The van der Waals surface area contributed by atoms with Crippen molar-refractivity contribution in [1.29, 1.82) is 0 Å². The van der Waals surface area contributed by atoms with Crippen molar-refractivity contribution in [2.45, 2.75) is 57.8 Å². The van der Waals surface area contributed by atoms with Gasteiger partial charge in [0.15, 0.2) is 0 Å². The van der Waals surface area contributed by atoms with Gasteiger partial charge in [-0.2, -0.15) is 13.2 Å². The van der Waals surface area contributed by atoms with E-state index in [-0.39, 0.29) is 34.9 Å². The van der Waals surface area contributed by atoms with E-state index in [1.54, 1.807) is 13.0 Å². The van der Waals surface area contributed by atoms with Crippen LogP contribution in [-0.2, 0) is 17.5 Å². The smallest absolute Gasteiger partial charge is 0.453 e. The number of hydrogen-bond acceptors (Lipinski definition) is 7. The summed E-state index contributed by atoms with van der Waals surface area (Å²) in [6.45, 7) is 2.50. The summed E-state index contributed by atoms with van der Waals surface area (Å²) in [6.07, 6.45) is 0.358. The molecule has 5 rings (SSSR count). The zero-order valence-electron chi connectivity index (χ0n) is 20.2. The Hall–Kier alpha value is -3.53. The van der Waals surface area contributed by atoms with Crippen LogP contribution in [0.5, 0.6) is 17.2 Å². The van der Waals surface area contributed by atoms with E-state index < -0.39 is 29.1 Å². The van der Waals surface area contributed by atoms with Gasteiger partial charge in [-0.1, -0.05) is 19.3 Å². The highest BCUT2D eigenvalue weighted by Gasteiger charge is 2.41. The van der Waals surface area contributed by atoms with E-state index in [1.807, 2.05) is 0 Å². The predicted octanol–water partition coefficient (Wildman–Crippen LogP) is 6.27. The molecule has 1 fully saturated rings. The third-order valence-electron chi connectivity index (χ3n) is 6.76. The molecule has 1 saturated carbocycles. The fourth-order valence-corrected chi connectivity index (χ4v) is 4.92. The van der Waals surface area contributed by atoms with Gasteiger partial charge in [-0.25, -0.2) is 4.79 Å². The van der Waals surface area contributed by atoms with Gasteiger partial charge in [-0.05, 0) is 56.2 Å². The van der Waals surface area contributed by atoms with E-state index in [2.05, 4.69) is 4.90 Å². The predicted molar refractivity (Wildman–Crippen MR) is 128 cm³/mol. The third kappa shape index (κ3) is 5.02. The van der Waals surface area contributed by atoms with Crippen LogP contribution in [0.25, 0.3) is 11.0 Å². The molecule has 2 heterocycles. The minimum atomic E-state index is -4.99. The largest absolute Gasteiger partial charge is 0.478 e. The Balaban J connectivity index is 1.54. The molecule has 1 aliphatic carbocycles. The maximum atomic E-state index is 14.1. The number of esters is 1. The monoisotopic (exact) mass is 517 g/mol. The van der Waals surface area contributed by atoms with Crippen molar-refractivity contribution in [3.8, 4) is 17.2 Å². The number of fused-ring (bicyclic) bond motifs is 3. The van der Waals surface area contributed by atoms with Crippen LogP contribution in [0.2, 0.25) is 0 Å². The lowest BCUT2D eigenvalue weighted by molar-refractivity contribution is -0.154. The summed E-state index contributed by atoms with van der Waals surface area (Å²) in [5.41, 5.74) is -0.479. The molecule has 0 saturated heterocycles. The molecule has 0 bridgehead atoms. The highest BCUT2D eigenvalue weighted by atomic mass is 19.4. The number of halogens is 3. The van der Waals surface area contributed by atoms with Gasteiger partial charge in [0.05, 0.1) is 23.1 Å². The molecule has 0 amide bonds. The number of ether oxygens (including phenoxy) is 3. The average molecular weight is 518 g/mol. The summed E-state index contributed by atoms with van der Waals surface area (Å²) in [5.74, 6) is -2.73. The molecule has 2 aliphatic rings. The first kappa shape index (κ1) is 25.1. The van der Waals surface area contributed by atoms with E-state index in [0.29, 0.717) is 24.6 Å². The van der Waals surface area contributed by atoms with Gasteiger partial charge in [0.1, 0.15) is 23.8 Å². The van der Waals surface area contributed by atoms with Gasteiger partial charge in [0.25, 0.3) is 5.76 Å². The van der Waals surface area contributed by atoms with Crippen LogP contribution >= 0.6 is 0 Å². The molecular weight excluding hydrogens is 491 g/mol. The second-order valence-corrected chi connectivity index (χ2v) is 9.17. The number of carbonyl (C=O) groups excluding carboxylic acids is 1. The van der Waals surface area contributed by atoms with E-state index in [1.165, 1.54) is 36.8 Å². The minimum Gasteiger partial charge on any atom is -0.478 e. The van der Waals surface area contributed by atoms with Crippen LogP contribution < -0.4 is 14.9 Å². The van der Waals surface area contributed by atoms with Gasteiger partial charge in [0.2, 0.25) is 11.2 Å². The highest BCUT2D eigenvalue weighted by molar-refractivity contribution is 5.89. The molecule has 0 N–H and O–H groups in total. The SMILES string of the molecule is CCOC(=O)c1ccc(Oc2c(C(F)(F)F)oc3c4c(ccc3c2=O)OCN(C2CCCCC2)C4)cc1. The molecule has 0 unspecified atom stereocenters. The molecule has 2 aromatic carbocycles.